The van der Waals surface area contributed by atoms with Gasteiger partial charge in [0, 0.05) is 39.9 Å². The second-order valence-corrected chi connectivity index (χ2v) is 5.93. The molecule has 0 heterocycles. The zero-order valence-corrected chi connectivity index (χ0v) is 14.7. The van der Waals surface area contributed by atoms with Crippen molar-refractivity contribution in [3.05, 3.63) is 59.7 Å². The quantitative estimate of drug-likeness (QED) is 0.887. The van der Waals surface area contributed by atoms with E-state index in [1.807, 2.05) is 55.4 Å². The van der Waals surface area contributed by atoms with E-state index in [9.17, 15) is 4.79 Å². The van der Waals surface area contributed by atoms with Gasteiger partial charge in [-0.25, -0.2) is 4.79 Å². The number of benzene rings is 2. The van der Waals surface area contributed by atoms with Gasteiger partial charge in [-0.2, -0.15) is 0 Å². The molecular formula is C19H25N3O2. The summed E-state index contributed by atoms with van der Waals surface area (Å²) >= 11 is 0. The zero-order chi connectivity index (χ0) is 17.5. The van der Waals surface area contributed by atoms with Crippen LogP contribution in [0.4, 0.5) is 10.5 Å². The number of urea groups is 1. The van der Waals surface area contributed by atoms with E-state index in [2.05, 4.69) is 17.4 Å². The highest BCUT2D eigenvalue weighted by atomic mass is 16.5. The lowest BCUT2D eigenvalue weighted by Gasteiger charge is -2.19. The predicted octanol–water partition coefficient (Wildman–Crippen LogP) is 3.10. The first-order valence-corrected chi connectivity index (χ1v) is 7.87. The summed E-state index contributed by atoms with van der Waals surface area (Å²) in [7, 11) is 7.44. The molecule has 1 N–H and O–H groups in total. The van der Waals surface area contributed by atoms with Gasteiger partial charge < -0.3 is 19.9 Å². The first kappa shape index (κ1) is 17.7. The summed E-state index contributed by atoms with van der Waals surface area (Å²) in [4.78, 5) is 15.9. The third kappa shape index (κ3) is 4.91. The normalized spacial score (nSPS) is 10.2. The van der Waals surface area contributed by atoms with Gasteiger partial charge in [0.15, 0.2) is 0 Å². The van der Waals surface area contributed by atoms with Crippen molar-refractivity contribution in [1.82, 2.24) is 10.2 Å². The summed E-state index contributed by atoms with van der Waals surface area (Å²) in [5.41, 5.74) is 3.25. The molecule has 5 heteroatoms. The number of carbonyl (C=O) groups is 1. The van der Waals surface area contributed by atoms with Gasteiger partial charge in [-0.3, -0.25) is 0 Å². The third-order valence-corrected chi connectivity index (χ3v) is 3.80. The number of anilines is 1. The fraction of sp³-hybridized carbons (Fsp3) is 0.316. The van der Waals surface area contributed by atoms with E-state index < -0.39 is 0 Å². The molecular weight excluding hydrogens is 302 g/mol. The maximum absolute atomic E-state index is 12.2. The lowest BCUT2D eigenvalue weighted by molar-refractivity contribution is 0.206. The van der Waals surface area contributed by atoms with Crippen molar-refractivity contribution in [1.29, 1.82) is 0 Å². The predicted molar refractivity (Wildman–Crippen MR) is 97.5 cm³/mol. The van der Waals surface area contributed by atoms with Crippen LogP contribution in [0.15, 0.2) is 48.5 Å². The largest absolute Gasteiger partial charge is 0.497 e. The van der Waals surface area contributed by atoms with Crippen molar-refractivity contribution in [2.24, 2.45) is 0 Å². The smallest absolute Gasteiger partial charge is 0.317 e. The SMILES string of the molecule is COc1cccc(CNC(=O)N(C)Cc2ccc(N(C)C)cc2)c1. The molecule has 0 fully saturated rings. The number of hydrogen-bond donors (Lipinski definition) is 1. The van der Waals surface area contributed by atoms with E-state index in [1.165, 1.54) is 0 Å². The fourth-order valence-corrected chi connectivity index (χ4v) is 2.34. The molecule has 0 bridgehead atoms. The van der Waals surface area contributed by atoms with E-state index >= 15 is 0 Å². The van der Waals surface area contributed by atoms with E-state index in [-0.39, 0.29) is 6.03 Å². The molecule has 2 aromatic rings. The minimum atomic E-state index is -0.102. The summed E-state index contributed by atoms with van der Waals surface area (Å²) < 4.78 is 5.19. The Labute approximate surface area is 143 Å². The van der Waals surface area contributed by atoms with Crippen LogP contribution < -0.4 is 15.0 Å². The molecule has 5 nitrogen and oxygen atoms in total. The van der Waals surface area contributed by atoms with Crippen LogP contribution in [-0.4, -0.2) is 39.2 Å². The van der Waals surface area contributed by atoms with Crippen LogP contribution in [-0.2, 0) is 13.1 Å². The summed E-state index contributed by atoms with van der Waals surface area (Å²) in [5.74, 6) is 0.788. The monoisotopic (exact) mass is 327 g/mol. The van der Waals surface area contributed by atoms with Crippen LogP contribution in [0, 0.1) is 0 Å². The van der Waals surface area contributed by atoms with Crippen LogP contribution in [0.3, 0.4) is 0 Å². The fourth-order valence-electron chi connectivity index (χ4n) is 2.34. The maximum atomic E-state index is 12.2. The van der Waals surface area contributed by atoms with E-state index in [0.29, 0.717) is 13.1 Å². The minimum absolute atomic E-state index is 0.102. The molecule has 0 unspecified atom stereocenters. The number of ether oxygens (including phenoxy) is 1. The topological polar surface area (TPSA) is 44.8 Å². The van der Waals surface area contributed by atoms with E-state index in [4.69, 9.17) is 4.74 Å². The molecule has 0 aliphatic rings. The Morgan fingerprint density at radius 3 is 2.38 bits per heavy atom. The highest BCUT2D eigenvalue weighted by Crippen LogP contribution is 2.14. The molecule has 0 radical (unpaired) electrons. The van der Waals surface area contributed by atoms with Crippen LogP contribution in [0.1, 0.15) is 11.1 Å². The van der Waals surface area contributed by atoms with Crippen LogP contribution in [0.5, 0.6) is 5.75 Å². The van der Waals surface area contributed by atoms with Gasteiger partial charge in [0.2, 0.25) is 0 Å². The molecule has 0 atom stereocenters. The second-order valence-electron chi connectivity index (χ2n) is 5.93. The van der Waals surface area contributed by atoms with Gasteiger partial charge in [0.25, 0.3) is 0 Å². The average molecular weight is 327 g/mol. The highest BCUT2D eigenvalue weighted by Gasteiger charge is 2.09. The molecule has 0 aliphatic carbocycles. The molecule has 2 rings (SSSR count). The molecule has 0 aromatic heterocycles. The second kappa shape index (κ2) is 8.24. The Hall–Kier alpha value is -2.69. The van der Waals surface area contributed by atoms with E-state index in [1.54, 1.807) is 19.1 Å². The maximum Gasteiger partial charge on any atom is 0.317 e. The minimum Gasteiger partial charge on any atom is -0.497 e. The van der Waals surface area contributed by atoms with Crippen LogP contribution >= 0.6 is 0 Å². The number of methoxy groups -OCH3 is 1. The molecule has 2 amide bonds. The number of nitrogens with zero attached hydrogens (tertiary/aromatic N) is 2. The molecule has 0 spiro atoms. The Kier molecular flexibility index (Phi) is 6.07. The first-order valence-electron chi connectivity index (χ1n) is 7.87. The average Bonchev–Trinajstić information content (AvgIpc) is 2.60. The van der Waals surface area contributed by atoms with Gasteiger partial charge in [-0.05, 0) is 35.4 Å². The van der Waals surface area contributed by atoms with E-state index in [0.717, 1.165) is 22.6 Å². The van der Waals surface area contributed by atoms with Gasteiger partial charge in [-0.15, -0.1) is 0 Å². The number of nitrogens with one attached hydrogen (secondary N) is 1. The number of amides is 2. The molecule has 2 aromatic carbocycles. The third-order valence-electron chi connectivity index (χ3n) is 3.80. The van der Waals surface area contributed by atoms with Crippen molar-refractivity contribution >= 4 is 11.7 Å². The van der Waals surface area contributed by atoms with Gasteiger partial charge in [-0.1, -0.05) is 24.3 Å². The lowest BCUT2D eigenvalue weighted by Crippen LogP contribution is -2.36. The summed E-state index contributed by atoms with van der Waals surface area (Å²) in [6.07, 6.45) is 0. The number of hydrogen-bond acceptors (Lipinski definition) is 3. The lowest BCUT2D eigenvalue weighted by atomic mass is 10.2. The van der Waals surface area contributed by atoms with Gasteiger partial charge in [0.05, 0.1) is 7.11 Å². The Morgan fingerprint density at radius 2 is 1.75 bits per heavy atom. The molecule has 128 valence electrons. The van der Waals surface area contributed by atoms with Crippen molar-refractivity contribution in [2.45, 2.75) is 13.1 Å². The van der Waals surface area contributed by atoms with Crippen molar-refractivity contribution < 1.29 is 9.53 Å². The van der Waals surface area contributed by atoms with Crippen LogP contribution in [0.2, 0.25) is 0 Å². The molecule has 0 saturated carbocycles. The van der Waals surface area contributed by atoms with Crippen LogP contribution in [0.25, 0.3) is 0 Å². The summed E-state index contributed by atoms with van der Waals surface area (Å²) in [6, 6.07) is 15.8. The Bertz CT molecular complexity index is 669. The number of rotatable bonds is 6. The Morgan fingerprint density at radius 1 is 1.04 bits per heavy atom. The molecule has 0 aliphatic heterocycles. The molecule has 0 saturated heterocycles. The number of carbonyl (C=O) groups excluding carboxylic acids is 1. The highest BCUT2D eigenvalue weighted by molar-refractivity contribution is 5.73. The standard InChI is InChI=1S/C19H25N3O2/c1-21(2)17-10-8-15(9-11-17)14-22(3)19(23)20-13-16-6-5-7-18(12-16)24-4/h5-12H,13-14H2,1-4H3,(H,20,23). The van der Waals surface area contributed by atoms with Gasteiger partial charge in [0.1, 0.15) is 5.75 Å². The van der Waals surface area contributed by atoms with Gasteiger partial charge >= 0.3 is 6.03 Å². The molecule has 24 heavy (non-hydrogen) atoms. The van der Waals surface area contributed by atoms with Crippen molar-refractivity contribution in [3.63, 3.8) is 0 Å². The first-order chi connectivity index (χ1) is 11.5. The van der Waals surface area contributed by atoms with Crippen molar-refractivity contribution in [2.75, 3.05) is 33.2 Å². The Balaban J connectivity index is 1.87. The zero-order valence-electron chi connectivity index (χ0n) is 14.7. The summed E-state index contributed by atoms with van der Waals surface area (Å²) in [6.45, 7) is 1.04. The summed E-state index contributed by atoms with van der Waals surface area (Å²) in [5, 5.41) is 2.92. The van der Waals surface area contributed by atoms with Crippen molar-refractivity contribution in [3.8, 4) is 5.75 Å².